The summed E-state index contributed by atoms with van der Waals surface area (Å²) in [4.78, 5) is 13.8. The van der Waals surface area contributed by atoms with Crippen molar-refractivity contribution in [1.29, 1.82) is 0 Å². The van der Waals surface area contributed by atoms with Gasteiger partial charge in [0.25, 0.3) is 0 Å². The van der Waals surface area contributed by atoms with Crippen LogP contribution >= 0.6 is 0 Å². The molecule has 3 heterocycles. The monoisotopic (exact) mass is 270 g/mol. The van der Waals surface area contributed by atoms with Crippen molar-refractivity contribution >= 4 is 11.9 Å². The first-order valence-corrected chi connectivity index (χ1v) is 6.69. The minimum atomic E-state index is 0.0657. The fourth-order valence-electron chi connectivity index (χ4n) is 3.02. The third-order valence-electron chi connectivity index (χ3n) is 4.05. The van der Waals surface area contributed by atoms with E-state index in [9.17, 15) is 4.79 Å². The minimum absolute atomic E-state index is 0.0657. The predicted octanol–water partition coefficient (Wildman–Crippen LogP) is -0.156. The van der Waals surface area contributed by atoms with Gasteiger partial charge in [0.15, 0.2) is 0 Å². The molecule has 0 saturated carbocycles. The summed E-state index contributed by atoms with van der Waals surface area (Å²) in [6, 6.07) is 9.78. The van der Waals surface area contributed by atoms with Gasteiger partial charge in [0.2, 0.25) is 11.9 Å². The summed E-state index contributed by atoms with van der Waals surface area (Å²) in [5.41, 5.74) is 0.925. The third-order valence-corrected chi connectivity index (χ3v) is 4.05. The summed E-state index contributed by atoms with van der Waals surface area (Å²) >= 11 is 0. The van der Waals surface area contributed by atoms with E-state index in [0.29, 0.717) is 18.4 Å². The van der Waals surface area contributed by atoms with Crippen LogP contribution in [-0.4, -0.2) is 45.7 Å². The lowest BCUT2D eigenvalue weighted by Crippen LogP contribution is -2.30. The van der Waals surface area contributed by atoms with E-state index in [1.807, 2.05) is 30.3 Å². The van der Waals surface area contributed by atoms with Gasteiger partial charge in [0.1, 0.15) is 0 Å². The van der Waals surface area contributed by atoms with Crippen molar-refractivity contribution in [3.05, 3.63) is 30.3 Å². The molecule has 0 unspecified atom stereocenters. The van der Waals surface area contributed by atoms with E-state index in [1.54, 1.807) is 4.68 Å². The molecule has 7 nitrogen and oxygen atoms in total. The highest BCUT2D eigenvalue weighted by atomic mass is 16.2. The van der Waals surface area contributed by atoms with Crippen molar-refractivity contribution in [2.45, 2.75) is 0 Å². The molecule has 1 N–H and O–H groups in total. The number of hydrogen-bond donors (Lipinski definition) is 1. The predicted molar refractivity (Wildman–Crippen MR) is 71.4 cm³/mol. The van der Waals surface area contributed by atoms with Gasteiger partial charge in [-0.15, -0.1) is 0 Å². The van der Waals surface area contributed by atoms with Crippen LogP contribution in [0.4, 0.5) is 5.95 Å². The standard InChI is InChI=1S/C13H14N6O/c20-12-11-8-18(7-9(11)6-14-12)13-15-16-17-19(13)10-4-2-1-3-5-10/h1-5,9,11H,6-8H2,(H,14,20)/t9-,11+/m0/s1. The van der Waals surface area contributed by atoms with Crippen LogP contribution in [0.15, 0.2) is 30.3 Å². The number of rotatable bonds is 2. The highest BCUT2D eigenvalue weighted by Gasteiger charge is 2.43. The first-order chi connectivity index (χ1) is 9.83. The highest BCUT2D eigenvalue weighted by molar-refractivity contribution is 5.82. The molecular formula is C13H14N6O. The third kappa shape index (κ3) is 1.66. The Morgan fingerprint density at radius 2 is 2.05 bits per heavy atom. The molecule has 0 bridgehead atoms. The van der Waals surface area contributed by atoms with E-state index < -0.39 is 0 Å². The summed E-state index contributed by atoms with van der Waals surface area (Å²) in [5.74, 6) is 1.29. The van der Waals surface area contributed by atoms with Gasteiger partial charge in [-0.25, -0.2) is 0 Å². The second kappa shape index (κ2) is 4.29. The number of benzene rings is 1. The Morgan fingerprint density at radius 1 is 1.20 bits per heavy atom. The maximum absolute atomic E-state index is 11.7. The summed E-state index contributed by atoms with van der Waals surface area (Å²) < 4.78 is 1.72. The number of tetrazole rings is 1. The second-order valence-electron chi connectivity index (χ2n) is 5.24. The number of aromatic nitrogens is 4. The van der Waals surface area contributed by atoms with Crippen LogP contribution in [0.25, 0.3) is 5.69 Å². The van der Waals surface area contributed by atoms with Gasteiger partial charge >= 0.3 is 0 Å². The normalized spacial score (nSPS) is 24.8. The number of amides is 1. The fourth-order valence-corrected chi connectivity index (χ4v) is 3.02. The van der Waals surface area contributed by atoms with E-state index in [1.165, 1.54) is 0 Å². The molecule has 2 aromatic rings. The second-order valence-corrected chi connectivity index (χ2v) is 5.24. The molecule has 1 aromatic carbocycles. The maximum Gasteiger partial charge on any atom is 0.250 e. The van der Waals surface area contributed by atoms with E-state index in [-0.39, 0.29) is 11.8 Å². The Bertz CT molecular complexity index is 639. The first kappa shape index (κ1) is 11.4. The quantitative estimate of drug-likeness (QED) is 0.821. The summed E-state index contributed by atoms with van der Waals surface area (Å²) in [6.45, 7) is 2.26. The molecule has 2 aliphatic rings. The number of para-hydroxylation sites is 1. The molecule has 4 rings (SSSR count). The van der Waals surface area contributed by atoms with Crippen LogP contribution < -0.4 is 10.2 Å². The summed E-state index contributed by atoms with van der Waals surface area (Å²) in [7, 11) is 0. The average Bonchev–Trinajstić information content (AvgIpc) is 3.17. The van der Waals surface area contributed by atoms with Crippen LogP contribution in [0.3, 0.4) is 0 Å². The maximum atomic E-state index is 11.7. The number of carbonyl (C=O) groups is 1. The van der Waals surface area contributed by atoms with Crippen molar-refractivity contribution in [3.63, 3.8) is 0 Å². The van der Waals surface area contributed by atoms with Crippen molar-refractivity contribution < 1.29 is 4.79 Å². The Hall–Kier alpha value is -2.44. The minimum Gasteiger partial charge on any atom is -0.355 e. The largest absolute Gasteiger partial charge is 0.355 e. The van der Waals surface area contributed by atoms with Gasteiger partial charge in [0, 0.05) is 25.6 Å². The molecule has 2 atom stereocenters. The van der Waals surface area contributed by atoms with Gasteiger partial charge in [-0.2, -0.15) is 4.68 Å². The molecule has 0 aliphatic carbocycles. The lowest BCUT2D eigenvalue weighted by atomic mass is 10.0. The van der Waals surface area contributed by atoms with E-state index in [2.05, 4.69) is 25.7 Å². The van der Waals surface area contributed by atoms with Crippen molar-refractivity contribution in [2.75, 3.05) is 24.5 Å². The number of nitrogens with one attached hydrogen (secondary N) is 1. The van der Waals surface area contributed by atoms with Gasteiger partial charge < -0.3 is 10.2 Å². The van der Waals surface area contributed by atoms with Gasteiger partial charge in [-0.1, -0.05) is 23.3 Å². The molecular weight excluding hydrogens is 256 g/mol. The Kier molecular flexibility index (Phi) is 2.45. The zero-order chi connectivity index (χ0) is 13.5. The molecule has 2 fully saturated rings. The number of anilines is 1. The Balaban J connectivity index is 1.65. The van der Waals surface area contributed by atoms with Crippen LogP contribution in [0.5, 0.6) is 0 Å². The zero-order valence-electron chi connectivity index (χ0n) is 10.8. The van der Waals surface area contributed by atoms with Gasteiger partial charge in [-0.05, 0) is 22.6 Å². The molecule has 2 saturated heterocycles. The van der Waals surface area contributed by atoms with Crippen LogP contribution in [0, 0.1) is 11.8 Å². The first-order valence-electron chi connectivity index (χ1n) is 6.69. The number of fused-ring (bicyclic) bond motifs is 1. The summed E-state index contributed by atoms with van der Waals surface area (Å²) in [5, 5.41) is 14.9. The topological polar surface area (TPSA) is 75.9 Å². The molecule has 0 spiro atoms. The number of hydrogen-bond acceptors (Lipinski definition) is 5. The summed E-state index contributed by atoms with van der Waals surface area (Å²) in [6.07, 6.45) is 0. The molecule has 2 aliphatic heterocycles. The molecule has 20 heavy (non-hydrogen) atoms. The van der Waals surface area contributed by atoms with Crippen molar-refractivity contribution in [1.82, 2.24) is 25.5 Å². The fraction of sp³-hybridized carbons (Fsp3) is 0.385. The van der Waals surface area contributed by atoms with Gasteiger partial charge in [-0.3, -0.25) is 4.79 Å². The molecule has 1 aromatic heterocycles. The van der Waals surface area contributed by atoms with E-state index in [0.717, 1.165) is 18.8 Å². The van der Waals surface area contributed by atoms with E-state index in [4.69, 9.17) is 0 Å². The smallest absolute Gasteiger partial charge is 0.250 e. The van der Waals surface area contributed by atoms with Crippen molar-refractivity contribution in [2.24, 2.45) is 11.8 Å². The SMILES string of the molecule is O=C1NC[C@H]2CN(c3nnnn3-c3ccccc3)C[C@@H]12. The lowest BCUT2D eigenvalue weighted by molar-refractivity contribution is -0.122. The Morgan fingerprint density at radius 3 is 2.85 bits per heavy atom. The molecule has 7 heteroatoms. The van der Waals surface area contributed by atoms with Crippen LogP contribution in [0.2, 0.25) is 0 Å². The van der Waals surface area contributed by atoms with Crippen molar-refractivity contribution in [3.8, 4) is 5.69 Å². The molecule has 102 valence electrons. The van der Waals surface area contributed by atoms with Crippen LogP contribution in [0.1, 0.15) is 0 Å². The zero-order valence-corrected chi connectivity index (χ0v) is 10.8. The van der Waals surface area contributed by atoms with Crippen LogP contribution in [-0.2, 0) is 4.79 Å². The molecule has 1 amide bonds. The highest BCUT2D eigenvalue weighted by Crippen LogP contribution is 2.30. The van der Waals surface area contributed by atoms with E-state index >= 15 is 0 Å². The average molecular weight is 270 g/mol. The Labute approximate surface area is 115 Å². The van der Waals surface area contributed by atoms with Gasteiger partial charge in [0.05, 0.1) is 11.6 Å². The molecule has 0 radical (unpaired) electrons. The lowest BCUT2D eigenvalue weighted by Gasteiger charge is -2.17. The number of nitrogens with zero attached hydrogens (tertiary/aromatic N) is 5. The number of carbonyl (C=O) groups excluding carboxylic acids is 1.